The zero-order chi connectivity index (χ0) is 22.1. The third-order valence-corrected chi connectivity index (χ3v) is 6.20. The minimum Gasteiger partial charge on any atom is -0.338 e. The van der Waals surface area contributed by atoms with Crippen LogP contribution in [0.5, 0.6) is 0 Å². The van der Waals surface area contributed by atoms with Gasteiger partial charge in [-0.15, -0.1) is 5.10 Å². The van der Waals surface area contributed by atoms with E-state index in [0.717, 1.165) is 31.2 Å². The standard InChI is InChI=1S/C23H23ClN6O2/c24-18-8-6-15(7-9-18)23(32)29-12-2-4-17(14-29)22(31)25-19-5-1-3-16(13-19)21-26-27-28-30(21)20-10-11-20/h1,3,5-9,13,17,20H,2,4,10-12,14H2,(H,25,31). The van der Waals surface area contributed by atoms with Gasteiger partial charge in [0.2, 0.25) is 5.91 Å². The van der Waals surface area contributed by atoms with E-state index >= 15 is 0 Å². The van der Waals surface area contributed by atoms with E-state index in [4.69, 9.17) is 11.6 Å². The van der Waals surface area contributed by atoms with Crippen molar-refractivity contribution in [2.24, 2.45) is 5.92 Å². The van der Waals surface area contributed by atoms with Gasteiger partial charge in [0.1, 0.15) is 0 Å². The maximum absolute atomic E-state index is 13.0. The van der Waals surface area contributed by atoms with Crippen LogP contribution in [-0.4, -0.2) is 50.0 Å². The number of piperidine rings is 1. The highest BCUT2D eigenvalue weighted by Crippen LogP contribution is 2.36. The Kier molecular flexibility index (Phi) is 5.61. The Morgan fingerprint density at radius 2 is 1.88 bits per heavy atom. The van der Waals surface area contributed by atoms with Gasteiger partial charge >= 0.3 is 0 Å². The van der Waals surface area contributed by atoms with Crippen molar-refractivity contribution in [2.75, 3.05) is 18.4 Å². The fourth-order valence-electron chi connectivity index (χ4n) is 4.08. The number of benzene rings is 2. The van der Waals surface area contributed by atoms with Gasteiger partial charge in [0.05, 0.1) is 12.0 Å². The monoisotopic (exact) mass is 450 g/mol. The van der Waals surface area contributed by atoms with Crippen molar-refractivity contribution in [3.8, 4) is 11.4 Å². The first-order valence-electron chi connectivity index (χ1n) is 10.8. The summed E-state index contributed by atoms with van der Waals surface area (Å²) in [6.07, 6.45) is 3.70. The molecule has 32 heavy (non-hydrogen) atoms. The summed E-state index contributed by atoms with van der Waals surface area (Å²) in [4.78, 5) is 27.6. The molecule has 2 amide bonds. The Bertz CT molecular complexity index is 1140. The average molecular weight is 451 g/mol. The maximum atomic E-state index is 13.0. The second-order valence-corrected chi connectivity index (χ2v) is 8.78. The molecule has 1 saturated carbocycles. The Morgan fingerprint density at radius 1 is 1.06 bits per heavy atom. The van der Waals surface area contributed by atoms with Gasteiger partial charge in [-0.1, -0.05) is 23.7 Å². The Labute approximate surface area is 190 Å². The molecule has 2 aromatic carbocycles. The summed E-state index contributed by atoms with van der Waals surface area (Å²) in [6.45, 7) is 1.04. The van der Waals surface area contributed by atoms with E-state index in [-0.39, 0.29) is 17.7 Å². The predicted molar refractivity (Wildman–Crippen MR) is 120 cm³/mol. The maximum Gasteiger partial charge on any atom is 0.253 e. The molecule has 1 unspecified atom stereocenters. The fourth-order valence-corrected chi connectivity index (χ4v) is 4.21. The highest BCUT2D eigenvalue weighted by Gasteiger charge is 2.30. The van der Waals surface area contributed by atoms with Gasteiger partial charge in [0.15, 0.2) is 5.82 Å². The number of hydrogen-bond donors (Lipinski definition) is 1. The van der Waals surface area contributed by atoms with Crippen LogP contribution in [0.1, 0.15) is 42.1 Å². The molecule has 2 aliphatic rings. The lowest BCUT2D eigenvalue weighted by Crippen LogP contribution is -2.43. The molecule has 0 bridgehead atoms. The van der Waals surface area contributed by atoms with Crippen LogP contribution in [0, 0.1) is 5.92 Å². The van der Waals surface area contributed by atoms with Crippen LogP contribution >= 0.6 is 11.6 Å². The van der Waals surface area contributed by atoms with Crippen molar-refractivity contribution < 1.29 is 9.59 Å². The normalized spacial score (nSPS) is 18.4. The average Bonchev–Trinajstić information content (AvgIpc) is 3.55. The van der Waals surface area contributed by atoms with Crippen LogP contribution in [0.2, 0.25) is 5.02 Å². The van der Waals surface area contributed by atoms with E-state index in [9.17, 15) is 9.59 Å². The second-order valence-electron chi connectivity index (χ2n) is 8.35. The van der Waals surface area contributed by atoms with Crippen LogP contribution in [0.4, 0.5) is 5.69 Å². The predicted octanol–water partition coefficient (Wildman–Crippen LogP) is 3.82. The first kappa shape index (κ1) is 20.6. The number of nitrogens with one attached hydrogen (secondary N) is 1. The molecule has 8 nitrogen and oxygen atoms in total. The Morgan fingerprint density at radius 3 is 2.66 bits per heavy atom. The van der Waals surface area contributed by atoms with Crippen LogP contribution in [-0.2, 0) is 4.79 Å². The van der Waals surface area contributed by atoms with Crippen molar-refractivity contribution in [3.05, 3.63) is 59.1 Å². The van der Waals surface area contributed by atoms with E-state index in [1.54, 1.807) is 29.2 Å². The van der Waals surface area contributed by atoms with Gasteiger partial charge in [-0.25, -0.2) is 4.68 Å². The molecule has 1 aromatic heterocycles. The molecule has 1 aliphatic heterocycles. The summed E-state index contributed by atoms with van der Waals surface area (Å²) >= 11 is 5.92. The summed E-state index contributed by atoms with van der Waals surface area (Å²) < 4.78 is 1.85. The van der Waals surface area contributed by atoms with Crippen LogP contribution in [0.3, 0.4) is 0 Å². The summed E-state index contributed by atoms with van der Waals surface area (Å²) in [6, 6.07) is 14.8. The molecule has 3 aromatic rings. The smallest absolute Gasteiger partial charge is 0.253 e. The van der Waals surface area contributed by atoms with E-state index in [0.29, 0.717) is 41.2 Å². The van der Waals surface area contributed by atoms with Crippen LogP contribution in [0.25, 0.3) is 11.4 Å². The van der Waals surface area contributed by atoms with Gasteiger partial charge in [-0.05, 0) is 72.5 Å². The van der Waals surface area contributed by atoms with Crippen molar-refractivity contribution in [1.29, 1.82) is 0 Å². The van der Waals surface area contributed by atoms with E-state index in [1.807, 2.05) is 28.9 Å². The number of carbonyl (C=O) groups excluding carboxylic acids is 2. The number of tetrazole rings is 1. The summed E-state index contributed by atoms with van der Waals surface area (Å²) in [7, 11) is 0. The first-order valence-corrected chi connectivity index (χ1v) is 11.2. The molecule has 2 heterocycles. The van der Waals surface area contributed by atoms with Gasteiger partial charge in [0, 0.05) is 34.9 Å². The van der Waals surface area contributed by atoms with Crippen LogP contribution in [0.15, 0.2) is 48.5 Å². The summed E-state index contributed by atoms with van der Waals surface area (Å²) in [5, 5.41) is 15.7. The minimum absolute atomic E-state index is 0.0759. The number of halogens is 1. The summed E-state index contributed by atoms with van der Waals surface area (Å²) in [5.74, 6) is 0.284. The second kappa shape index (κ2) is 8.70. The lowest BCUT2D eigenvalue weighted by molar-refractivity contribution is -0.121. The molecule has 1 aliphatic carbocycles. The largest absolute Gasteiger partial charge is 0.338 e. The molecule has 5 rings (SSSR count). The summed E-state index contributed by atoms with van der Waals surface area (Å²) in [5.41, 5.74) is 2.14. The lowest BCUT2D eigenvalue weighted by atomic mass is 9.96. The van der Waals surface area contributed by atoms with Crippen molar-refractivity contribution >= 4 is 29.1 Å². The van der Waals surface area contributed by atoms with Gasteiger partial charge in [0.25, 0.3) is 5.91 Å². The number of anilines is 1. The fraction of sp³-hybridized carbons (Fsp3) is 0.348. The number of nitrogens with zero attached hydrogens (tertiary/aromatic N) is 5. The molecule has 164 valence electrons. The van der Waals surface area contributed by atoms with E-state index in [1.165, 1.54) is 0 Å². The van der Waals surface area contributed by atoms with Crippen molar-refractivity contribution in [3.63, 3.8) is 0 Å². The molecular weight excluding hydrogens is 428 g/mol. The lowest BCUT2D eigenvalue weighted by Gasteiger charge is -2.32. The topological polar surface area (TPSA) is 93.0 Å². The Hall–Kier alpha value is -3.26. The number of hydrogen-bond acceptors (Lipinski definition) is 5. The van der Waals surface area contributed by atoms with Crippen molar-refractivity contribution in [2.45, 2.75) is 31.7 Å². The third kappa shape index (κ3) is 4.36. The van der Waals surface area contributed by atoms with Gasteiger partial charge in [-0.2, -0.15) is 0 Å². The van der Waals surface area contributed by atoms with Crippen LogP contribution < -0.4 is 5.32 Å². The van der Waals surface area contributed by atoms with E-state index < -0.39 is 0 Å². The number of rotatable bonds is 5. The number of likely N-dealkylation sites (tertiary alicyclic amines) is 1. The van der Waals surface area contributed by atoms with Gasteiger partial charge < -0.3 is 10.2 Å². The minimum atomic E-state index is -0.263. The quantitative estimate of drug-likeness (QED) is 0.637. The number of aromatic nitrogens is 4. The highest BCUT2D eigenvalue weighted by molar-refractivity contribution is 6.30. The Balaban J connectivity index is 1.26. The molecular formula is C23H23ClN6O2. The molecule has 1 N–H and O–H groups in total. The number of amides is 2. The van der Waals surface area contributed by atoms with E-state index in [2.05, 4.69) is 20.8 Å². The van der Waals surface area contributed by atoms with Crippen molar-refractivity contribution in [1.82, 2.24) is 25.1 Å². The molecule has 0 radical (unpaired) electrons. The molecule has 1 atom stereocenters. The molecule has 9 heteroatoms. The number of carbonyl (C=O) groups is 2. The molecule has 2 fully saturated rings. The highest BCUT2D eigenvalue weighted by atomic mass is 35.5. The SMILES string of the molecule is O=C(Nc1cccc(-c2nnnn2C2CC2)c1)C1CCCN(C(=O)c2ccc(Cl)cc2)C1. The first-order chi connectivity index (χ1) is 15.6. The third-order valence-electron chi connectivity index (χ3n) is 5.94. The zero-order valence-corrected chi connectivity index (χ0v) is 18.2. The molecule has 0 spiro atoms. The zero-order valence-electron chi connectivity index (χ0n) is 17.4. The molecule has 1 saturated heterocycles. The van der Waals surface area contributed by atoms with Gasteiger partial charge in [-0.3, -0.25) is 9.59 Å².